The molecule has 3 N–H and O–H groups in total. The number of nitrogens with zero attached hydrogens (tertiary/aromatic N) is 1. The number of carbonyl (C=O) groups is 2. The fraction of sp³-hybridized carbons (Fsp3) is 0.333. The van der Waals surface area contributed by atoms with Gasteiger partial charge >= 0.3 is 0 Å². The van der Waals surface area contributed by atoms with Crippen LogP contribution in [0.2, 0.25) is 0 Å². The van der Waals surface area contributed by atoms with E-state index in [9.17, 15) is 24.1 Å². The van der Waals surface area contributed by atoms with Gasteiger partial charge in [-0.25, -0.2) is 4.39 Å². The van der Waals surface area contributed by atoms with Crippen molar-refractivity contribution in [1.82, 2.24) is 10.6 Å². The molecule has 0 fully saturated rings. The lowest BCUT2D eigenvalue weighted by molar-refractivity contribution is -0.385. The van der Waals surface area contributed by atoms with Crippen LogP contribution in [0.3, 0.4) is 0 Å². The lowest BCUT2D eigenvalue weighted by Crippen LogP contribution is -2.37. The monoisotopic (exact) mass is 298 g/mol. The van der Waals surface area contributed by atoms with Crippen molar-refractivity contribution in [1.29, 1.82) is 0 Å². The highest BCUT2D eigenvalue weighted by atomic mass is 19.1. The maximum Gasteiger partial charge on any atom is 0.285 e. The SMILES string of the molecule is CCNC(=O)CNC(=O)c1cc(NC)c(F)cc1[N+](=O)[O-]. The minimum atomic E-state index is -0.858. The zero-order chi connectivity index (χ0) is 16.0. The lowest BCUT2D eigenvalue weighted by atomic mass is 10.1. The Morgan fingerprint density at radius 3 is 2.52 bits per heavy atom. The van der Waals surface area contributed by atoms with Gasteiger partial charge in [0.1, 0.15) is 5.56 Å². The van der Waals surface area contributed by atoms with E-state index < -0.39 is 28.2 Å². The molecule has 8 nitrogen and oxygen atoms in total. The molecule has 114 valence electrons. The van der Waals surface area contributed by atoms with E-state index in [1.165, 1.54) is 7.05 Å². The van der Waals surface area contributed by atoms with Crippen LogP contribution in [-0.4, -0.2) is 36.9 Å². The number of nitro groups is 1. The molecule has 21 heavy (non-hydrogen) atoms. The van der Waals surface area contributed by atoms with Gasteiger partial charge in [-0.1, -0.05) is 0 Å². The van der Waals surface area contributed by atoms with E-state index in [0.717, 1.165) is 6.07 Å². The topological polar surface area (TPSA) is 113 Å². The molecule has 1 rings (SSSR count). The van der Waals surface area contributed by atoms with Gasteiger partial charge in [0.15, 0.2) is 5.82 Å². The molecule has 0 saturated carbocycles. The first-order chi connectivity index (χ1) is 9.90. The maximum atomic E-state index is 13.5. The molecule has 0 atom stereocenters. The molecular weight excluding hydrogens is 283 g/mol. The van der Waals surface area contributed by atoms with E-state index in [1.807, 2.05) is 0 Å². The van der Waals surface area contributed by atoms with E-state index in [2.05, 4.69) is 16.0 Å². The van der Waals surface area contributed by atoms with Gasteiger partial charge in [0.05, 0.1) is 23.2 Å². The second kappa shape index (κ2) is 7.17. The van der Waals surface area contributed by atoms with Crippen molar-refractivity contribution in [2.24, 2.45) is 0 Å². The average molecular weight is 298 g/mol. The van der Waals surface area contributed by atoms with E-state index in [1.54, 1.807) is 6.92 Å². The average Bonchev–Trinajstić information content (AvgIpc) is 2.44. The van der Waals surface area contributed by atoms with Crippen molar-refractivity contribution < 1.29 is 18.9 Å². The Hall–Kier alpha value is -2.71. The van der Waals surface area contributed by atoms with Gasteiger partial charge in [0.25, 0.3) is 11.6 Å². The van der Waals surface area contributed by atoms with Crippen LogP contribution in [0, 0.1) is 15.9 Å². The summed E-state index contributed by atoms with van der Waals surface area (Å²) < 4.78 is 13.5. The molecule has 1 aromatic carbocycles. The maximum absolute atomic E-state index is 13.5. The molecule has 1 aromatic rings. The predicted octanol–water partition coefficient (Wildman–Crippen LogP) is 0.641. The second-order valence-corrected chi connectivity index (χ2v) is 3.99. The summed E-state index contributed by atoms with van der Waals surface area (Å²) in [5.74, 6) is -2.10. The van der Waals surface area contributed by atoms with Crippen molar-refractivity contribution >= 4 is 23.2 Å². The first-order valence-electron chi connectivity index (χ1n) is 6.11. The van der Waals surface area contributed by atoms with Gasteiger partial charge in [0, 0.05) is 13.6 Å². The fourth-order valence-electron chi connectivity index (χ4n) is 1.60. The summed E-state index contributed by atoms with van der Waals surface area (Å²) in [5, 5.41) is 18.1. The van der Waals surface area contributed by atoms with Gasteiger partial charge in [-0.15, -0.1) is 0 Å². The predicted molar refractivity (Wildman–Crippen MR) is 73.6 cm³/mol. The molecule has 0 aliphatic heterocycles. The summed E-state index contributed by atoms with van der Waals surface area (Å²) in [7, 11) is 1.42. The van der Waals surface area contributed by atoms with Crippen molar-refractivity contribution in [3.8, 4) is 0 Å². The van der Waals surface area contributed by atoms with Crippen molar-refractivity contribution in [3.05, 3.63) is 33.6 Å². The number of hydrogen-bond donors (Lipinski definition) is 3. The summed E-state index contributed by atoms with van der Waals surface area (Å²) in [4.78, 5) is 33.2. The fourth-order valence-corrected chi connectivity index (χ4v) is 1.60. The number of anilines is 1. The Morgan fingerprint density at radius 2 is 2.00 bits per heavy atom. The number of likely N-dealkylation sites (N-methyl/N-ethyl adjacent to an activating group) is 1. The molecule has 9 heteroatoms. The number of halogens is 1. The van der Waals surface area contributed by atoms with Gasteiger partial charge in [-0.2, -0.15) is 0 Å². The van der Waals surface area contributed by atoms with Gasteiger partial charge in [-0.3, -0.25) is 19.7 Å². The molecule has 0 unspecified atom stereocenters. The Morgan fingerprint density at radius 1 is 1.33 bits per heavy atom. The summed E-state index contributed by atoms with van der Waals surface area (Å²) in [6, 6.07) is 1.69. The molecule has 0 aliphatic carbocycles. The number of rotatable bonds is 6. The molecule has 0 saturated heterocycles. The number of nitrogens with one attached hydrogen (secondary N) is 3. The number of hydrogen-bond acceptors (Lipinski definition) is 5. The van der Waals surface area contributed by atoms with Crippen LogP contribution in [0.1, 0.15) is 17.3 Å². The molecule has 0 radical (unpaired) electrons. The van der Waals surface area contributed by atoms with E-state index in [-0.39, 0.29) is 17.8 Å². The molecule has 0 bridgehead atoms. The highest BCUT2D eigenvalue weighted by Gasteiger charge is 2.23. The number of benzene rings is 1. The van der Waals surface area contributed by atoms with Gasteiger partial charge in [0.2, 0.25) is 5.91 Å². The van der Waals surface area contributed by atoms with Crippen LogP contribution in [0.4, 0.5) is 15.8 Å². The Kier molecular flexibility index (Phi) is 5.58. The van der Waals surface area contributed by atoms with Crippen LogP contribution in [-0.2, 0) is 4.79 Å². The first kappa shape index (κ1) is 16.3. The van der Waals surface area contributed by atoms with Crippen molar-refractivity contribution in [2.75, 3.05) is 25.5 Å². The van der Waals surface area contributed by atoms with Crippen LogP contribution in [0.15, 0.2) is 12.1 Å². The van der Waals surface area contributed by atoms with Crippen LogP contribution < -0.4 is 16.0 Å². The van der Waals surface area contributed by atoms with E-state index >= 15 is 0 Å². The third kappa shape index (κ3) is 4.13. The van der Waals surface area contributed by atoms with E-state index in [0.29, 0.717) is 12.6 Å². The zero-order valence-electron chi connectivity index (χ0n) is 11.5. The lowest BCUT2D eigenvalue weighted by Gasteiger charge is -2.08. The third-order valence-corrected chi connectivity index (χ3v) is 2.58. The van der Waals surface area contributed by atoms with E-state index in [4.69, 9.17) is 0 Å². The summed E-state index contributed by atoms with van der Waals surface area (Å²) in [6.07, 6.45) is 0. The zero-order valence-corrected chi connectivity index (χ0v) is 11.5. The highest BCUT2D eigenvalue weighted by molar-refractivity contribution is 6.00. The molecule has 0 aromatic heterocycles. The second-order valence-electron chi connectivity index (χ2n) is 3.99. The molecule has 0 heterocycles. The Balaban J connectivity index is 3.01. The largest absolute Gasteiger partial charge is 0.386 e. The summed E-state index contributed by atoms with van der Waals surface area (Å²) >= 11 is 0. The quantitative estimate of drug-likeness (QED) is 0.527. The summed E-state index contributed by atoms with van der Waals surface area (Å²) in [6.45, 7) is 1.79. The smallest absolute Gasteiger partial charge is 0.285 e. The molecule has 0 spiro atoms. The van der Waals surface area contributed by atoms with Gasteiger partial charge < -0.3 is 16.0 Å². The standard InChI is InChI=1S/C12H15FN4O4/c1-3-15-11(18)6-16-12(19)7-4-9(14-2)8(13)5-10(7)17(20)21/h4-5,14H,3,6H2,1-2H3,(H,15,18)(H,16,19). The number of nitro benzene ring substituents is 1. The van der Waals surface area contributed by atoms with Crippen molar-refractivity contribution in [2.45, 2.75) is 6.92 Å². The number of amides is 2. The minimum absolute atomic E-state index is 0.0521. The molecular formula is C12H15FN4O4. The summed E-state index contributed by atoms with van der Waals surface area (Å²) in [5.41, 5.74) is -1.04. The minimum Gasteiger partial charge on any atom is -0.386 e. The highest BCUT2D eigenvalue weighted by Crippen LogP contribution is 2.25. The van der Waals surface area contributed by atoms with Crippen LogP contribution in [0.25, 0.3) is 0 Å². The van der Waals surface area contributed by atoms with Gasteiger partial charge in [-0.05, 0) is 13.0 Å². The normalized spacial score (nSPS) is 9.86. The Bertz CT molecular complexity index is 577. The first-order valence-corrected chi connectivity index (χ1v) is 6.11. The Labute approximate surface area is 119 Å². The molecule has 0 aliphatic rings. The van der Waals surface area contributed by atoms with Crippen molar-refractivity contribution in [3.63, 3.8) is 0 Å². The number of carbonyl (C=O) groups excluding carboxylic acids is 2. The van der Waals surface area contributed by atoms with Crippen LogP contribution >= 0.6 is 0 Å². The molecule has 2 amide bonds. The van der Waals surface area contributed by atoms with Crippen LogP contribution in [0.5, 0.6) is 0 Å². The third-order valence-electron chi connectivity index (χ3n) is 2.58.